The molecule has 0 saturated carbocycles. The number of carbonyl (C=O) groups is 3. The number of ketones is 1. The second-order valence-corrected chi connectivity index (χ2v) is 7.69. The quantitative estimate of drug-likeness (QED) is 0.678. The van der Waals surface area contributed by atoms with Crippen molar-refractivity contribution >= 4 is 23.5 Å². The van der Waals surface area contributed by atoms with E-state index in [1.165, 1.54) is 12.1 Å². The van der Waals surface area contributed by atoms with E-state index in [-0.39, 0.29) is 23.7 Å². The average Bonchev–Trinajstić information content (AvgIpc) is 2.99. The topological polar surface area (TPSA) is 66.9 Å². The Labute approximate surface area is 174 Å². The molecule has 0 atom stereocenters. The standard InChI is InChI=1S/C23H23FN2O4/c24-19-10-5-4-9-18(19)20(27)11-6-14-25-15-12-23(13-16-25)21(28)26(22(29)30-23)17-7-2-1-3-8-17/h1-5,7-10H,6,11-16H2. The number of Topliss-reactive ketones (excluding diaryl/α,β-unsaturated/α-hetero) is 1. The van der Waals surface area contributed by atoms with Gasteiger partial charge in [-0.2, -0.15) is 0 Å². The van der Waals surface area contributed by atoms with Crippen LogP contribution >= 0.6 is 0 Å². The van der Waals surface area contributed by atoms with E-state index >= 15 is 0 Å². The second-order valence-electron chi connectivity index (χ2n) is 7.69. The molecule has 0 aliphatic carbocycles. The first kappa shape index (κ1) is 20.2. The summed E-state index contributed by atoms with van der Waals surface area (Å²) < 4.78 is 19.3. The number of halogens is 1. The Morgan fingerprint density at radius 3 is 2.37 bits per heavy atom. The van der Waals surface area contributed by atoms with Crippen molar-refractivity contribution in [1.29, 1.82) is 0 Å². The number of para-hydroxylation sites is 1. The van der Waals surface area contributed by atoms with Crippen molar-refractivity contribution in [3.8, 4) is 0 Å². The molecule has 2 aromatic rings. The lowest BCUT2D eigenvalue weighted by Gasteiger charge is -2.36. The van der Waals surface area contributed by atoms with E-state index in [0.29, 0.717) is 44.6 Å². The van der Waals surface area contributed by atoms with Crippen LogP contribution in [-0.2, 0) is 9.53 Å². The van der Waals surface area contributed by atoms with Gasteiger partial charge in [0.2, 0.25) is 0 Å². The molecule has 2 amide bonds. The summed E-state index contributed by atoms with van der Waals surface area (Å²) in [5.41, 5.74) is -0.468. The smallest absolute Gasteiger partial charge is 0.422 e. The summed E-state index contributed by atoms with van der Waals surface area (Å²) in [6, 6.07) is 14.8. The van der Waals surface area contributed by atoms with Crippen LogP contribution < -0.4 is 4.90 Å². The molecule has 2 fully saturated rings. The van der Waals surface area contributed by atoms with Crippen molar-refractivity contribution in [3.05, 3.63) is 66.0 Å². The fraction of sp³-hybridized carbons (Fsp3) is 0.348. The minimum atomic E-state index is -1.10. The zero-order chi connectivity index (χ0) is 21.1. The molecule has 156 valence electrons. The van der Waals surface area contributed by atoms with Gasteiger partial charge in [-0.05, 0) is 37.2 Å². The van der Waals surface area contributed by atoms with Gasteiger partial charge < -0.3 is 9.64 Å². The number of piperidine rings is 1. The first-order valence-corrected chi connectivity index (χ1v) is 10.1. The van der Waals surface area contributed by atoms with Crippen LogP contribution in [0.5, 0.6) is 0 Å². The zero-order valence-electron chi connectivity index (χ0n) is 16.6. The van der Waals surface area contributed by atoms with Crippen LogP contribution in [0.3, 0.4) is 0 Å². The molecular weight excluding hydrogens is 387 g/mol. The lowest BCUT2D eigenvalue weighted by Crippen LogP contribution is -2.50. The third kappa shape index (κ3) is 3.85. The Bertz CT molecular complexity index is 955. The number of anilines is 1. The molecule has 0 aromatic heterocycles. The summed E-state index contributed by atoms with van der Waals surface area (Å²) in [4.78, 5) is 40.8. The van der Waals surface area contributed by atoms with Crippen molar-refractivity contribution in [2.24, 2.45) is 0 Å². The molecular formula is C23H23FN2O4. The van der Waals surface area contributed by atoms with Gasteiger partial charge in [-0.15, -0.1) is 0 Å². The fourth-order valence-electron chi connectivity index (χ4n) is 4.08. The van der Waals surface area contributed by atoms with E-state index in [4.69, 9.17) is 4.74 Å². The number of rotatable bonds is 6. The number of imide groups is 1. The first-order valence-electron chi connectivity index (χ1n) is 10.1. The minimum Gasteiger partial charge on any atom is -0.432 e. The number of hydrogen-bond acceptors (Lipinski definition) is 5. The maximum absolute atomic E-state index is 13.7. The van der Waals surface area contributed by atoms with Crippen LogP contribution in [0, 0.1) is 5.82 Å². The highest BCUT2D eigenvalue weighted by molar-refractivity contribution is 6.20. The molecule has 7 heteroatoms. The van der Waals surface area contributed by atoms with Gasteiger partial charge in [-0.25, -0.2) is 14.1 Å². The number of carbonyl (C=O) groups excluding carboxylic acids is 3. The van der Waals surface area contributed by atoms with Crippen LogP contribution in [0.25, 0.3) is 0 Å². The van der Waals surface area contributed by atoms with Crippen LogP contribution in [0.15, 0.2) is 54.6 Å². The van der Waals surface area contributed by atoms with Gasteiger partial charge in [0.15, 0.2) is 11.4 Å². The SMILES string of the molecule is O=C(CCCN1CCC2(CC1)OC(=O)N(c1ccccc1)C2=O)c1ccccc1F. The van der Waals surface area contributed by atoms with Gasteiger partial charge >= 0.3 is 6.09 Å². The van der Waals surface area contributed by atoms with Crippen molar-refractivity contribution < 1.29 is 23.5 Å². The third-order valence-electron chi connectivity index (χ3n) is 5.79. The van der Waals surface area contributed by atoms with E-state index in [1.807, 2.05) is 6.07 Å². The molecule has 0 unspecified atom stereocenters. The Morgan fingerprint density at radius 2 is 1.67 bits per heavy atom. The van der Waals surface area contributed by atoms with Crippen molar-refractivity contribution in [1.82, 2.24) is 4.90 Å². The Hall–Kier alpha value is -3.06. The predicted molar refractivity (Wildman–Crippen MR) is 109 cm³/mol. The number of amides is 2. The van der Waals surface area contributed by atoms with Gasteiger partial charge in [0.05, 0.1) is 11.3 Å². The summed E-state index contributed by atoms with van der Waals surface area (Å²) >= 11 is 0. The van der Waals surface area contributed by atoms with Crippen molar-refractivity contribution in [2.45, 2.75) is 31.3 Å². The van der Waals surface area contributed by atoms with Crippen LogP contribution in [0.4, 0.5) is 14.9 Å². The van der Waals surface area contributed by atoms with Gasteiger partial charge in [0.1, 0.15) is 5.82 Å². The molecule has 0 radical (unpaired) electrons. The fourth-order valence-corrected chi connectivity index (χ4v) is 4.08. The van der Waals surface area contributed by atoms with E-state index in [2.05, 4.69) is 4.90 Å². The van der Waals surface area contributed by atoms with Crippen LogP contribution in [-0.4, -0.2) is 47.9 Å². The first-order chi connectivity index (χ1) is 14.5. The second kappa shape index (κ2) is 8.36. The highest BCUT2D eigenvalue weighted by Crippen LogP contribution is 2.36. The van der Waals surface area contributed by atoms with E-state index in [9.17, 15) is 18.8 Å². The maximum Gasteiger partial charge on any atom is 0.422 e. The lowest BCUT2D eigenvalue weighted by molar-refractivity contribution is -0.133. The van der Waals surface area contributed by atoms with Gasteiger partial charge in [-0.1, -0.05) is 30.3 Å². The van der Waals surface area contributed by atoms with Crippen LogP contribution in [0.1, 0.15) is 36.0 Å². The number of nitrogens with zero attached hydrogens (tertiary/aromatic N) is 2. The summed E-state index contributed by atoms with van der Waals surface area (Å²) in [7, 11) is 0. The normalized spacial score (nSPS) is 18.6. The lowest BCUT2D eigenvalue weighted by atomic mass is 9.90. The summed E-state index contributed by atoms with van der Waals surface area (Å²) in [6.45, 7) is 1.85. The Morgan fingerprint density at radius 1 is 1.00 bits per heavy atom. The molecule has 30 heavy (non-hydrogen) atoms. The predicted octanol–water partition coefficient (Wildman–Crippen LogP) is 3.81. The zero-order valence-corrected chi connectivity index (χ0v) is 16.6. The summed E-state index contributed by atoms with van der Waals surface area (Å²) in [5.74, 6) is -1.01. The summed E-state index contributed by atoms with van der Waals surface area (Å²) in [5, 5.41) is 0. The van der Waals surface area contributed by atoms with Gasteiger partial charge in [-0.3, -0.25) is 9.59 Å². The number of hydrogen-bond donors (Lipinski definition) is 0. The molecule has 4 rings (SSSR count). The van der Waals surface area contributed by atoms with Gasteiger partial charge in [0, 0.05) is 32.4 Å². The highest BCUT2D eigenvalue weighted by Gasteiger charge is 2.55. The number of benzene rings is 2. The number of ether oxygens (including phenoxy) is 1. The average molecular weight is 410 g/mol. The number of likely N-dealkylation sites (tertiary alicyclic amines) is 1. The van der Waals surface area contributed by atoms with Crippen molar-refractivity contribution in [2.75, 3.05) is 24.5 Å². The molecule has 2 aliphatic rings. The molecule has 0 N–H and O–H groups in total. The third-order valence-corrected chi connectivity index (χ3v) is 5.79. The Balaban J connectivity index is 1.30. The monoisotopic (exact) mass is 410 g/mol. The van der Waals surface area contributed by atoms with E-state index in [0.717, 1.165) is 4.90 Å². The maximum atomic E-state index is 13.7. The molecule has 2 saturated heterocycles. The van der Waals surface area contributed by atoms with E-state index in [1.54, 1.807) is 36.4 Å². The molecule has 0 bridgehead atoms. The highest BCUT2D eigenvalue weighted by atomic mass is 19.1. The van der Waals surface area contributed by atoms with Crippen molar-refractivity contribution in [3.63, 3.8) is 0 Å². The molecule has 6 nitrogen and oxygen atoms in total. The molecule has 2 aromatic carbocycles. The summed E-state index contributed by atoms with van der Waals surface area (Å²) in [6.07, 6.45) is 1.07. The van der Waals surface area contributed by atoms with E-state index < -0.39 is 17.5 Å². The Kier molecular flexibility index (Phi) is 5.63. The largest absolute Gasteiger partial charge is 0.432 e. The molecule has 2 aliphatic heterocycles. The molecule has 1 spiro atoms. The molecule has 2 heterocycles. The van der Waals surface area contributed by atoms with Gasteiger partial charge in [0.25, 0.3) is 5.91 Å². The van der Waals surface area contributed by atoms with Crippen LogP contribution in [0.2, 0.25) is 0 Å². The minimum absolute atomic E-state index is 0.125.